The Morgan fingerprint density at radius 1 is 1.20 bits per heavy atom. The molecule has 0 unspecified atom stereocenters. The van der Waals surface area contributed by atoms with E-state index < -0.39 is 0 Å². The summed E-state index contributed by atoms with van der Waals surface area (Å²) in [6, 6.07) is 0. The minimum atomic E-state index is 0.248. The van der Waals surface area contributed by atoms with Crippen molar-refractivity contribution >= 4 is 0 Å². The molecule has 58 valence electrons. The molecular formula is C7H13NO2. The van der Waals surface area contributed by atoms with Crippen molar-refractivity contribution in [2.45, 2.75) is 5.54 Å². The van der Waals surface area contributed by atoms with Gasteiger partial charge in [-0.05, 0) is 7.05 Å². The number of rotatable bonds is 0. The van der Waals surface area contributed by atoms with Crippen molar-refractivity contribution in [2.24, 2.45) is 0 Å². The molecule has 0 radical (unpaired) electrons. The first kappa shape index (κ1) is 6.58. The Bertz CT molecular complexity index is 134. The third-order valence-electron chi connectivity index (χ3n) is 2.49. The average Bonchev–Trinajstić information content (AvgIpc) is 1.85. The van der Waals surface area contributed by atoms with Crippen LogP contribution < -0.4 is 0 Å². The Balaban J connectivity index is 2.03. The number of nitrogens with zero attached hydrogens (tertiary/aromatic N) is 1. The van der Waals surface area contributed by atoms with Crippen molar-refractivity contribution in [1.29, 1.82) is 0 Å². The summed E-state index contributed by atoms with van der Waals surface area (Å²) in [5.74, 6) is 0. The van der Waals surface area contributed by atoms with Gasteiger partial charge in [-0.2, -0.15) is 0 Å². The minimum absolute atomic E-state index is 0.248. The Morgan fingerprint density at radius 2 is 1.90 bits per heavy atom. The molecule has 2 rings (SSSR count). The van der Waals surface area contributed by atoms with Crippen LogP contribution >= 0.6 is 0 Å². The van der Waals surface area contributed by atoms with Crippen LogP contribution in [0.25, 0.3) is 0 Å². The first-order chi connectivity index (χ1) is 4.83. The fourth-order valence-electron chi connectivity index (χ4n) is 1.45. The zero-order valence-corrected chi connectivity index (χ0v) is 6.30. The van der Waals surface area contributed by atoms with E-state index in [1.165, 1.54) is 0 Å². The molecule has 0 N–H and O–H groups in total. The van der Waals surface area contributed by atoms with E-state index in [1.54, 1.807) is 0 Å². The Labute approximate surface area is 60.9 Å². The Morgan fingerprint density at radius 3 is 2.30 bits per heavy atom. The molecule has 0 aromatic carbocycles. The topological polar surface area (TPSA) is 21.7 Å². The van der Waals surface area contributed by atoms with E-state index in [-0.39, 0.29) is 5.54 Å². The first-order valence-electron chi connectivity index (χ1n) is 3.70. The lowest BCUT2D eigenvalue weighted by Gasteiger charge is -2.50. The summed E-state index contributed by atoms with van der Waals surface area (Å²) >= 11 is 0. The molecule has 10 heavy (non-hydrogen) atoms. The Hall–Kier alpha value is -0.120. The monoisotopic (exact) mass is 143 g/mol. The van der Waals surface area contributed by atoms with Gasteiger partial charge in [0.2, 0.25) is 0 Å². The van der Waals surface area contributed by atoms with E-state index >= 15 is 0 Å². The molecule has 2 saturated heterocycles. The standard InChI is InChI=1S/C7H13NO2/c1-8-2-3-9-4-7(8)5-10-6-7/h2-6H2,1H3. The van der Waals surface area contributed by atoms with E-state index in [4.69, 9.17) is 9.47 Å². The minimum Gasteiger partial charge on any atom is -0.378 e. The number of hydrogen-bond donors (Lipinski definition) is 0. The maximum absolute atomic E-state index is 5.38. The summed E-state index contributed by atoms with van der Waals surface area (Å²) in [7, 11) is 2.14. The van der Waals surface area contributed by atoms with Crippen LogP contribution in [0.4, 0.5) is 0 Å². The summed E-state index contributed by atoms with van der Waals surface area (Å²) in [5.41, 5.74) is 0.248. The lowest BCUT2D eigenvalue weighted by atomic mass is 9.96. The van der Waals surface area contributed by atoms with E-state index in [1.807, 2.05) is 0 Å². The van der Waals surface area contributed by atoms with Crippen molar-refractivity contribution in [3.63, 3.8) is 0 Å². The summed E-state index contributed by atoms with van der Waals surface area (Å²) in [6.07, 6.45) is 0. The largest absolute Gasteiger partial charge is 0.378 e. The van der Waals surface area contributed by atoms with Crippen molar-refractivity contribution in [2.75, 3.05) is 40.0 Å². The lowest BCUT2D eigenvalue weighted by Crippen LogP contribution is -2.66. The summed E-state index contributed by atoms with van der Waals surface area (Å²) in [5, 5.41) is 0. The molecule has 2 fully saturated rings. The molecule has 3 nitrogen and oxygen atoms in total. The van der Waals surface area contributed by atoms with Crippen LogP contribution in [0.15, 0.2) is 0 Å². The third kappa shape index (κ3) is 0.779. The van der Waals surface area contributed by atoms with Gasteiger partial charge in [-0.25, -0.2) is 0 Å². The molecule has 2 heterocycles. The molecule has 0 aromatic heterocycles. The highest BCUT2D eigenvalue weighted by Crippen LogP contribution is 2.26. The van der Waals surface area contributed by atoms with Crippen LogP contribution in [0.3, 0.4) is 0 Å². The molecule has 0 atom stereocenters. The molecule has 0 aliphatic carbocycles. The highest BCUT2D eigenvalue weighted by molar-refractivity contribution is 4.97. The van der Waals surface area contributed by atoms with Crippen LogP contribution in [-0.2, 0) is 9.47 Å². The van der Waals surface area contributed by atoms with Gasteiger partial charge in [0.1, 0.15) is 0 Å². The second-order valence-electron chi connectivity index (χ2n) is 3.19. The second kappa shape index (κ2) is 2.19. The van der Waals surface area contributed by atoms with Crippen molar-refractivity contribution in [1.82, 2.24) is 4.90 Å². The molecule has 0 aromatic rings. The predicted molar refractivity (Wildman–Crippen MR) is 37.0 cm³/mol. The first-order valence-corrected chi connectivity index (χ1v) is 3.70. The lowest BCUT2D eigenvalue weighted by molar-refractivity contribution is -0.189. The molecule has 2 aliphatic rings. The zero-order chi connectivity index (χ0) is 7.03. The molecule has 0 bridgehead atoms. The van der Waals surface area contributed by atoms with Gasteiger partial charge >= 0.3 is 0 Å². The third-order valence-corrected chi connectivity index (χ3v) is 2.49. The smallest absolute Gasteiger partial charge is 0.0913 e. The van der Waals surface area contributed by atoms with Gasteiger partial charge in [-0.1, -0.05) is 0 Å². The highest BCUT2D eigenvalue weighted by atomic mass is 16.5. The van der Waals surface area contributed by atoms with Crippen LogP contribution in [-0.4, -0.2) is 50.5 Å². The van der Waals surface area contributed by atoms with Crippen LogP contribution in [0.5, 0.6) is 0 Å². The van der Waals surface area contributed by atoms with E-state index in [0.717, 1.165) is 33.0 Å². The van der Waals surface area contributed by atoms with Crippen LogP contribution in [0.2, 0.25) is 0 Å². The molecule has 1 spiro atoms. The van der Waals surface area contributed by atoms with Gasteiger partial charge in [-0.3, -0.25) is 4.90 Å². The van der Waals surface area contributed by atoms with E-state index in [2.05, 4.69) is 11.9 Å². The van der Waals surface area contributed by atoms with Gasteiger partial charge < -0.3 is 9.47 Å². The molecule has 2 aliphatic heterocycles. The van der Waals surface area contributed by atoms with Gasteiger partial charge in [0.05, 0.1) is 32.0 Å². The maximum atomic E-state index is 5.38. The molecule has 0 amide bonds. The SMILES string of the molecule is CN1CCOCC12COC2. The van der Waals surface area contributed by atoms with Crippen molar-refractivity contribution < 1.29 is 9.47 Å². The van der Waals surface area contributed by atoms with Crippen molar-refractivity contribution in [3.05, 3.63) is 0 Å². The Kier molecular flexibility index (Phi) is 1.44. The van der Waals surface area contributed by atoms with Crippen LogP contribution in [0.1, 0.15) is 0 Å². The number of likely N-dealkylation sites (N-methyl/N-ethyl adjacent to an activating group) is 1. The summed E-state index contributed by atoms with van der Waals surface area (Å²) in [6.45, 7) is 4.47. The molecular weight excluding hydrogens is 130 g/mol. The number of ether oxygens (including phenoxy) is 2. The summed E-state index contributed by atoms with van der Waals surface area (Å²) in [4.78, 5) is 2.35. The van der Waals surface area contributed by atoms with Gasteiger partial charge in [0.25, 0.3) is 0 Å². The zero-order valence-electron chi connectivity index (χ0n) is 6.30. The molecule has 3 heteroatoms. The van der Waals surface area contributed by atoms with E-state index in [0.29, 0.717) is 0 Å². The fourth-order valence-corrected chi connectivity index (χ4v) is 1.45. The second-order valence-corrected chi connectivity index (χ2v) is 3.19. The van der Waals surface area contributed by atoms with Gasteiger partial charge in [0.15, 0.2) is 0 Å². The van der Waals surface area contributed by atoms with Gasteiger partial charge in [-0.15, -0.1) is 0 Å². The van der Waals surface area contributed by atoms with Gasteiger partial charge in [0, 0.05) is 6.54 Å². The highest BCUT2D eigenvalue weighted by Gasteiger charge is 2.44. The quantitative estimate of drug-likeness (QED) is 0.465. The number of hydrogen-bond acceptors (Lipinski definition) is 3. The maximum Gasteiger partial charge on any atom is 0.0913 e. The predicted octanol–water partition coefficient (Wildman–Crippen LogP) is -0.283. The van der Waals surface area contributed by atoms with Crippen LogP contribution in [0, 0.1) is 0 Å². The van der Waals surface area contributed by atoms with Crippen molar-refractivity contribution in [3.8, 4) is 0 Å². The number of morpholine rings is 1. The summed E-state index contributed by atoms with van der Waals surface area (Å²) < 4.78 is 10.5. The normalized spacial score (nSPS) is 32.1. The van der Waals surface area contributed by atoms with E-state index in [9.17, 15) is 0 Å². The average molecular weight is 143 g/mol. The fraction of sp³-hybridized carbons (Fsp3) is 1.00. The molecule has 0 saturated carbocycles.